The minimum Gasteiger partial charge on any atom is -0.392 e. The second-order valence-electron chi connectivity index (χ2n) is 3.79. The van der Waals surface area contributed by atoms with Crippen LogP contribution in [0.3, 0.4) is 0 Å². The van der Waals surface area contributed by atoms with Crippen LogP contribution < -0.4 is 5.32 Å². The maximum atomic E-state index is 12.0. The molecule has 2 N–H and O–H groups in total. The molecule has 0 heterocycles. The summed E-state index contributed by atoms with van der Waals surface area (Å²) >= 11 is 5.94. The molecule has 0 bridgehead atoms. The van der Waals surface area contributed by atoms with Gasteiger partial charge >= 0.3 is 0 Å². The highest BCUT2D eigenvalue weighted by Crippen LogP contribution is 2.17. The highest BCUT2D eigenvalue weighted by Gasteiger charge is 2.09. The largest absolute Gasteiger partial charge is 0.392 e. The molecule has 0 spiro atoms. The fraction of sp³-hybridized carbons (Fsp3) is 0.0714. The van der Waals surface area contributed by atoms with Crippen LogP contribution in [-0.2, 0) is 6.61 Å². The molecule has 1 amide bonds. The SMILES string of the molecule is O=C(Nc1cccc(CO)c1)c1ccccc1Cl. The molecule has 2 aromatic carbocycles. The molecule has 0 radical (unpaired) electrons. The van der Waals surface area contributed by atoms with Crippen molar-refractivity contribution in [3.63, 3.8) is 0 Å². The van der Waals surface area contributed by atoms with Crippen molar-refractivity contribution in [1.82, 2.24) is 0 Å². The number of carbonyl (C=O) groups excluding carboxylic acids is 1. The van der Waals surface area contributed by atoms with Crippen molar-refractivity contribution in [2.75, 3.05) is 5.32 Å². The lowest BCUT2D eigenvalue weighted by molar-refractivity contribution is 0.102. The van der Waals surface area contributed by atoms with Gasteiger partial charge < -0.3 is 10.4 Å². The molecule has 0 unspecified atom stereocenters. The van der Waals surface area contributed by atoms with E-state index in [1.807, 2.05) is 0 Å². The molecule has 0 fully saturated rings. The van der Waals surface area contributed by atoms with Crippen molar-refractivity contribution in [2.45, 2.75) is 6.61 Å². The van der Waals surface area contributed by atoms with Gasteiger partial charge in [-0.3, -0.25) is 4.79 Å². The predicted molar refractivity (Wildman–Crippen MR) is 71.8 cm³/mol. The Morgan fingerprint density at radius 1 is 1.17 bits per heavy atom. The Kier molecular flexibility index (Phi) is 3.97. The van der Waals surface area contributed by atoms with Crippen LogP contribution in [0.5, 0.6) is 0 Å². The Hall–Kier alpha value is -1.84. The Labute approximate surface area is 110 Å². The van der Waals surface area contributed by atoms with E-state index in [1.165, 1.54) is 0 Å². The Bertz CT molecular complexity index is 569. The normalized spacial score (nSPS) is 10.1. The van der Waals surface area contributed by atoms with E-state index < -0.39 is 0 Å². The molecular weight excluding hydrogens is 250 g/mol. The first kappa shape index (κ1) is 12.6. The van der Waals surface area contributed by atoms with Gasteiger partial charge in [0.1, 0.15) is 0 Å². The summed E-state index contributed by atoms with van der Waals surface area (Å²) in [5, 5.41) is 12.2. The van der Waals surface area contributed by atoms with E-state index in [0.717, 1.165) is 5.56 Å². The maximum Gasteiger partial charge on any atom is 0.257 e. The van der Waals surface area contributed by atoms with Crippen molar-refractivity contribution in [3.05, 3.63) is 64.7 Å². The zero-order chi connectivity index (χ0) is 13.0. The lowest BCUT2D eigenvalue weighted by Gasteiger charge is -2.07. The van der Waals surface area contributed by atoms with E-state index in [2.05, 4.69) is 5.32 Å². The maximum absolute atomic E-state index is 12.0. The number of nitrogens with one attached hydrogen (secondary N) is 1. The molecule has 0 aliphatic carbocycles. The summed E-state index contributed by atoms with van der Waals surface area (Å²) in [6.07, 6.45) is 0. The molecule has 0 aromatic heterocycles. The van der Waals surface area contributed by atoms with Crippen LogP contribution in [-0.4, -0.2) is 11.0 Å². The van der Waals surface area contributed by atoms with E-state index in [0.29, 0.717) is 16.3 Å². The van der Waals surface area contributed by atoms with Gasteiger partial charge in [0, 0.05) is 5.69 Å². The van der Waals surface area contributed by atoms with Gasteiger partial charge in [-0.2, -0.15) is 0 Å². The van der Waals surface area contributed by atoms with Crippen LogP contribution in [0.4, 0.5) is 5.69 Å². The lowest BCUT2D eigenvalue weighted by Crippen LogP contribution is -2.12. The molecule has 2 rings (SSSR count). The van der Waals surface area contributed by atoms with Crippen LogP contribution >= 0.6 is 11.6 Å². The third-order valence-corrected chi connectivity index (χ3v) is 2.82. The average molecular weight is 262 g/mol. The van der Waals surface area contributed by atoms with E-state index in [4.69, 9.17) is 16.7 Å². The minimum atomic E-state index is -0.268. The molecule has 2 aromatic rings. The Balaban J connectivity index is 2.19. The van der Waals surface area contributed by atoms with Crippen molar-refractivity contribution < 1.29 is 9.90 Å². The average Bonchev–Trinajstić information content (AvgIpc) is 2.39. The van der Waals surface area contributed by atoms with Gasteiger partial charge in [-0.15, -0.1) is 0 Å². The van der Waals surface area contributed by atoms with Crippen molar-refractivity contribution in [3.8, 4) is 0 Å². The van der Waals surface area contributed by atoms with Gasteiger partial charge in [-0.05, 0) is 29.8 Å². The number of carbonyl (C=O) groups is 1. The van der Waals surface area contributed by atoms with Gasteiger partial charge in [-0.25, -0.2) is 0 Å². The molecular formula is C14H12ClNO2. The third-order valence-electron chi connectivity index (χ3n) is 2.49. The van der Waals surface area contributed by atoms with Gasteiger partial charge in [-0.1, -0.05) is 35.9 Å². The molecule has 3 nitrogen and oxygen atoms in total. The zero-order valence-corrected chi connectivity index (χ0v) is 10.3. The molecule has 0 aliphatic rings. The van der Waals surface area contributed by atoms with Gasteiger partial charge in [0.05, 0.1) is 17.2 Å². The monoisotopic (exact) mass is 261 g/mol. The van der Waals surface area contributed by atoms with Crippen LogP contribution in [0.1, 0.15) is 15.9 Å². The van der Waals surface area contributed by atoms with Crippen LogP contribution in [0, 0.1) is 0 Å². The van der Waals surface area contributed by atoms with Gasteiger partial charge in [0.15, 0.2) is 0 Å². The first-order valence-electron chi connectivity index (χ1n) is 5.46. The molecule has 4 heteroatoms. The summed E-state index contributed by atoms with van der Waals surface area (Å²) in [7, 11) is 0. The summed E-state index contributed by atoms with van der Waals surface area (Å²) in [4.78, 5) is 12.0. The van der Waals surface area contributed by atoms with E-state index in [-0.39, 0.29) is 12.5 Å². The van der Waals surface area contributed by atoms with Gasteiger partial charge in [0.2, 0.25) is 0 Å². The third kappa shape index (κ3) is 2.88. The molecule has 0 aliphatic heterocycles. The quantitative estimate of drug-likeness (QED) is 0.892. The predicted octanol–water partition coefficient (Wildman–Crippen LogP) is 3.08. The summed E-state index contributed by atoms with van der Waals surface area (Å²) in [5.41, 5.74) is 1.80. The minimum absolute atomic E-state index is 0.0597. The number of benzene rings is 2. The van der Waals surface area contributed by atoms with Crippen molar-refractivity contribution in [2.24, 2.45) is 0 Å². The number of aliphatic hydroxyl groups excluding tert-OH is 1. The van der Waals surface area contributed by atoms with E-state index in [1.54, 1.807) is 48.5 Å². The van der Waals surface area contributed by atoms with Crippen LogP contribution in [0.2, 0.25) is 5.02 Å². The fourth-order valence-corrected chi connectivity index (χ4v) is 1.81. The number of rotatable bonds is 3. The topological polar surface area (TPSA) is 49.3 Å². The first-order chi connectivity index (χ1) is 8.70. The highest BCUT2D eigenvalue weighted by molar-refractivity contribution is 6.34. The number of amides is 1. The number of hydrogen-bond acceptors (Lipinski definition) is 2. The molecule has 0 saturated heterocycles. The van der Waals surface area contributed by atoms with E-state index in [9.17, 15) is 4.79 Å². The standard InChI is InChI=1S/C14H12ClNO2/c15-13-7-2-1-6-12(13)14(18)16-11-5-3-4-10(8-11)9-17/h1-8,17H,9H2,(H,16,18). The summed E-state index contributed by atoms with van der Waals surface area (Å²) in [6, 6.07) is 13.9. The number of halogens is 1. The smallest absolute Gasteiger partial charge is 0.257 e. The molecule has 0 atom stereocenters. The summed E-state index contributed by atoms with van der Waals surface area (Å²) < 4.78 is 0. The Morgan fingerprint density at radius 2 is 1.94 bits per heavy atom. The second kappa shape index (κ2) is 5.67. The van der Waals surface area contributed by atoms with Crippen LogP contribution in [0.25, 0.3) is 0 Å². The molecule has 92 valence electrons. The first-order valence-corrected chi connectivity index (χ1v) is 5.84. The summed E-state index contributed by atoms with van der Waals surface area (Å²) in [6.45, 7) is -0.0597. The molecule has 0 saturated carbocycles. The molecule has 18 heavy (non-hydrogen) atoms. The lowest BCUT2D eigenvalue weighted by atomic mass is 10.2. The number of aliphatic hydroxyl groups is 1. The fourth-order valence-electron chi connectivity index (χ4n) is 1.59. The van der Waals surface area contributed by atoms with Gasteiger partial charge in [0.25, 0.3) is 5.91 Å². The van der Waals surface area contributed by atoms with Crippen molar-refractivity contribution in [1.29, 1.82) is 0 Å². The second-order valence-corrected chi connectivity index (χ2v) is 4.20. The number of hydrogen-bond donors (Lipinski definition) is 2. The number of anilines is 1. The zero-order valence-electron chi connectivity index (χ0n) is 9.56. The summed E-state index contributed by atoms with van der Waals surface area (Å²) in [5.74, 6) is -0.268. The highest BCUT2D eigenvalue weighted by atomic mass is 35.5. The Morgan fingerprint density at radius 3 is 2.67 bits per heavy atom. The van der Waals surface area contributed by atoms with E-state index >= 15 is 0 Å². The van der Waals surface area contributed by atoms with Crippen LogP contribution in [0.15, 0.2) is 48.5 Å². The van der Waals surface area contributed by atoms with Crippen molar-refractivity contribution >= 4 is 23.2 Å².